The zero-order valence-electron chi connectivity index (χ0n) is 11.3. The molecule has 1 aliphatic heterocycles. The van der Waals surface area contributed by atoms with Crippen molar-refractivity contribution >= 4 is 5.91 Å². The largest absolute Gasteiger partial charge is 0.417 e. The van der Waals surface area contributed by atoms with E-state index in [2.05, 4.69) is 0 Å². The molecule has 0 bridgehead atoms. The highest BCUT2D eigenvalue weighted by atomic mass is 19.4. The molecule has 3 nitrogen and oxygen atoms in total. The van der Waals surface area contributed by atoms with E-state index in [-0.39, 0.29) is 17.8 Å². The number of carbonyl (C=O) groups excluding carboxylic acids is 1. The molecule has 1 fully saturated rings. The van der Waals surface area contributed by atoms with Crippen LogP contribution >= 0.6 is 0 Å². The van der Waals surface area contributed by atoms with Crippen LogP contribution in [0.3, 0.4) is 0 Å². The molecule has 1 aromatic rings. The number of morpholine rings is 1. The van der Waals surface area contributed by atoms with Crippen molar-refractivity contribution in [2.45, 2.75) is 32.2 Å². The Bertz CT molecular complexity index is 491. The molecule has 1 amide bonds. The fourth-order valence-corrected chi connectivity index (χ4v) is 2.43. The van der Waals surface area contributed by atoms with Crippen molar-refractivity contribution in [1.29, 1.82) is 0 Å². The van der Waals surface area contributed by atoms with Gasteiger partial charge in [-0.3, -0.25) is 4.79 Å². The van der Waals surface area contributed by atoms with Crippen molar-refractivity contribution in [3.8, 4) is 0 Å². The fraction of sp³-hybridized carbons (Fsp3) is 0.500. The summed E-state index contributed by atoms with van der Waals surface area (Å²) in [6.07, 6.45) is -4.89. The van der Waals surface area contributed by atoms with Crippen molar-refractivity contribution < 1.29 is 22.7 Å². The van der Waals surface area contributed by atoms with Gasteiger partial charge in [0.1, 0.15) is 0 Å². The molecule has 2 atom stereocenters. The van der Waals surface area contributed by atoms with Gasteiger partial charge in [-0.2, -0.15) is 13.2 Å². The average molecular weight is 287 g/mol. The molecule has 0 aliphatic carbocycles. The van der Waals surface area contributed by atoms with E-state index in [0.717, 1.165) is 6.07 Å². The summed E-state index contributed by atoms with van der Waals surface area (Å²) in [5.41, 5.74) is -1.20. The molecule has 2 rings (SSSR count). The zero-order chi connectivity index (χ0) is 14.9. The summed E-state index contributed by atoms with van der Waals surface area (Å²) < 4.78 is 44.3. The molecule has 1 aromatic carbocycles. The summed E-state index contributed by atoms with van der Waals surface area (Å²) in [6, 6.07) is 4.87. The Kier molecular flexibility index (Phi) is 4.04. The topological polar surface area (TPSA) is 29.5 Å². The monoisotopic (exact) mass is 287 g/mol. The predicted molar refractivity (Wildman–Crippen MR) is 67.4 cm³/mol. The van der Waals surface area contributed by atoms with Gasteiger partial charge in [0.2, 0.25) is 0 Å². The Hall–Kier alpha value is -1.56. The number of nitrogens with zero attached hydrogens (tertiary/aromatic N) is 1. The van der Waals surface area contributed by atoms with Crippen LogP contribution in [0.4, 0.5) is 13.2 Å². The normalized spacial score (nSPS) is 23.8. The third-order valence-electron chi connectivity index (χ3n) is 3.17. The van der Waals surface area contributed by atoms with E-state index in [4.69, 9.17) is 4.74 Å². The molecular weight excluding hydrogens is 271 g/mol. The number of rotatable bonds is 1. The molecule has 110 valence electrons. The van der Waals surface area contributed by atoms with Gasteiger partial charge in [-0.05, 0) is 26.0 Å². The lowest BCUT2D eigenvalue weighted by Crippen LogP contribution is -2.48. The van der Waals surface area contributed by atoms with Crippen molar-refractivity contribution in [2.24, 2.45) is 0 Å². The Labute approximate surface area is 115 Å². The van der Waals surface area contributed by atoms with Crippen LogP contribution in [0, 0.1) is 0 Å². The van der Waals surface area contributed by atoms with Gasteiger partial charge in [-0.25, -0.2) is 0 Å². The third-order valence-corrected chi connectivity index (χ3v) is 3.17. The summed E-state index contributed by atoms with van der Waals surface area (Å²) in [7, 11) is 0. The molecule has 0 aromatic heterocycles. The number of amides is 1. The Morgan fingerprint density at radius 3 is 2.30 bits per heavy atom. The highest BCUT2D eigenvalue weighted by Gasteiger charge is 2.37. The predicted octanol–water partition coefficient (Wildman–Crippen LogP) is 2.95. The summed E-state index contributed by atoms with van der Waals surface area (Å²) in [4.78, 5) is 13.7. The van der Waals surface area contributed by atoms with Crippen LogP contribution in [0.15, 0.2) is 24.3 Å². The van der Waals surface area contributed by atoms with Gasteiger partial charge in [0.25, 0.3) is 5.91 Å². The lowest BCUT2D eigenvalue weighted by Gasteiger charge is -2.35. The molecule has 0 N–H and O–H groups in total. The SMILES string of the molecule is C[C@@H]1CN(C(=O)c2ccccc2C(F)(F)F)C[C@@H](C)O1. The number of hydrogen-bond acceptors (Lipinski definition) is 2. The number of carbonyl (C=O) groups is 1. The molecular formula is C14H16F3NO2. The van der Waals surface area contributed by atoms with Crippen LogP contribution in [0.1, 0.15) is 29.8 Å². The third kappa shape index (κ3) is 3.12. The van der Waals surface area contributed by atoms with E-state index in [1.165, 1.54) is 23.1 Å². The maximum absolute atomic E-state index is 12.9. The minimum absolute atomic E-state index is 0.180. The maximum atomic E-state index is 12.9. The molecule has 1 heterocycles. The second-order valence-corrected chi connectivity index (χ2v) is 5.01. The van der Waals surface area contributed by atoms with Gasteiger partial charge in [0.05, 0.1) is 23.3 Å². The number of alkyl halides is 3. The molecule has 0 spiro atoms. The Balaban J connectivity index is 2.30. The number of halogens is 3. The van der Waals surface area contributed by atoms with E-state index in [9.17, 15) is 18.0 Å². The standard InChI is InChI=1S/C14H16F3NO2/c1-9-7-18(8-10(2)20-9)13(19)11-5-3-4-6-12(11)14(15,16)17/h3-6,9-10H,7-8H2,1-2H3/t9-,10-/m1/s1. The molecule has 0 saturated carbocycles. The van der Waals surface area contributed by atoms with Crippen LogP contribution in [0.5, 0.6) is 0 Å². The maximum Gasteiger partial charge on any atom is 0.417 e. The average Bonchev–Trinajstić information content (AvgIpc) is 2.35. The fourth-order valence-electron chi connectivity index (χ4n) is 2.43. The molecule has 20 heavy (non-hydrogen) atoms. The van der Waals surface area contributed by atoms with E-state index in [1.54, 1.807) is 13.8 Å². The number of hydrogen-bond donors (Lipinski definition) is 0. The lowest BCUT2D eigenvalue weighted by atomic mass is 10.0. The smallest absolute Gasteiger partial charge is 0.372 e. The first kappa shape index (κ1) is 14.8. The Morgan fingerprint density at radius 1 is 1.20 bits per heavy atom. The summed E-state index contributed by atoms with van der Waals surface area (Å²) >= 11 is 0. The van der Waals surface area contributed by atoms with E-state index in [1.807, 2.05) is 0 Å². The minimum atomic E-state index is -4.53. The van der Waals surface area contributed by atoms with Crippen molar-refractivity contribution in [3.63, 3.8) is 0 Å². The second-order valence-electron chi connectivity index (χ2n) is 5.01. The Morgan fingerprint density at radius 2 is 1.75 bits per heavy atom. The van der Waals surface area contributed by atoms with Crippen molar-refractivity contribution in [3.05, 3.63) is 35.4 Å². The first-order chi connectivity index (χ1) is 9.29. The molecule has 0 unspecified atom stereocenters. The number of benzene rings is 1. The van der Waals surface area contributed by atoms with Crippen LogP contribution in [-0.2, 0) is 10.9 Å². The highest BCUT2D eigenvalue weighted by molar-refractivity contribution is 5.96. The summed E-state index contributed by atoms with van der Waals surface area (Å²) in [5.74, 6) is -0.597. The van der Waals surface area contributed by atoms with Gasteiger partial charge in [-0.15, -0.1) is 0 Å². The summed E-state index contributed by atoms with van der Waals surface area (Å²) in [5, 5.41) is 0. The van der Waals surface area contributed by atoms with E-state index >= 15 is 0 Å². The van der Waals surface area contributed by atoms with Gasteiger partial charge >= 0.3 is 6.18 Å². The van der Waals surface area contributed by atoms with Crippen molar-refractivity contribution in [1.82, 2.24) is 4.90 Å². The quantitative estimate of drug-likeness (QED) is 0.794. The van der Waals surface area contributed by atoms with Crippen LogP contribution in [-0.4, -0.2) is 36.1 Å². The van der Waals surface area contributed by atoms with Crippen molar-refractivity contribution in [2.75, 3.05) is 13.1 Å². The first-order valence-electron chi connectivity index (χ1n) is 6.40. The molecule has 0 radical (unpaired) electrons. The van der Waals surface area contributed by atoms with E-state index in [0.29, 0.717) is 13.1 Å². The second kappa shape index (κ2) is 5.44. The zero-order valence-corrected chi connectivity index (χ0v) is 11.3. The molecule has 1 aliphatic rings. The van der Waals surface area contributed by atoms with Crippen LogP contribution in [0.25, 0.3) is 0 Å². The van der Waals surface area contributed by atoms with Gasteiger partial charge in [0, 0.05) is 13.1 Å². The first-order valence-corrected chi connectivity index (χ1v) is 6.40. The molecule has 6 heteroatoms. The van der Waals surface area contributed by atoms with Gasteiger partial charge < -0.3 is 9.64 Å². The lowest BCUT2D eigenvalue weighted by molar-refractivity contribution is -0.138. The van der Waals surface area contributed by atoms with E-state index < -0.39 is 17.6 Å². The minimum Gasteiger partial charge on any atom is -0.372 e. The van der Waals surface area contributed by atoms with Crippen LogP contribution < -0.4 is 0 Å². The van der Waals surface area contributed by atoms with Gasteiger partial charge in [0.15, 0.2) is 0 Å². The summed E-state index contributed by atoms with van der Waals surface area (Å²) in [6.45, 7) is 4.20. The highest BCUT2D eigenvalue weighted by Crippen LogP contribution is 2.32. The molecule has 1 saturated heterocycles. The van der Waals surface area contributed by atoms with Crippen LogP contribution in [0.2, 0.25) is 0 Å². The number of ether oxygens (including phenoxy) is 1. The van der Waals surface area contributed by atoms with Gasteiger partial charge in [-0.1, -0.05) is 12.1 Å².